The average Bonchev–Trinajstić information content (AvgIpc) is 2.61. The Labute approximate surface area is 125 Å². The van der Waals surface area contributed by atoms with Gasteiger partial charge in [0, 0.05) is 4.47 Å². The zero-order chi connectivity index (χ0) is 14.8. The summed E-state index contributed by atoms with van der Waals surface area (Å²) >= 11 is 4.23. The van der Waals surface area contributed by atoms with Crippen molar-refractivity contribution in [3.05, 3.63) is 15.9 Å². The highest BCUT2D eigenvalue weighted by atomic mass is 79.9. The number of carbonyl (C=O) groups is 1. The number of hydrogen-bond donors (Lipinski definition) is 1. The van der Waals surface area contributed by atoms with Gasteiger partial charge in [0.25, 0.3) is 10.0 Å². The molecule has 0 fully saturated rings. The van der Waals surface area contributed by atoms with Crippen molar-refractivity contribution >= 4 is 43.3 Å². The maximum Gasteiger partial charge on any atom is 0.324 e. The molecule has 0 aliphatic rings. The van der Waals surface area contributed by atoms with Crippen molar-refractivity contribution in [2.75, 3.05) is 0 Å². The second kappa shape index (κ2) is 5.90. The van der Waals surface area contributed by atoms with Gasteiger partial charge in [0.05, 0.1) is 0 Å². The Kier molecular flexibility index (Phi) is 5.16. The Hall–Kier alpha value is -0.440. The molecule has 0 aliphatic carbocycles. The van der Waals surface area contributed by atoms with Crippen LogP contribution in [0.15, 0.2) is 20.1 Å². The van der Waals surface area contributed by atoms with Gasteiger partial charge in [-0.15, -0.1) is 11.3 Å². The van der Waals surface area contributed by atoms with Crippen molar-refractivity contribution in [3.8, 4) is 0 Å². The second-order valence-electron chi connectivity index (χ2n) is 4.93. The van der Waals surface area contributed by atoms with Crippen LogP contribution in [-0.2, 0) is 19.6 Å². The SMILES string of the molecule is C[C@@H](NS(=O)(=O)c1sccc1Br)C(=O)OC(C)(C)C. The second-order valence-corrected chi connectivity index (χ2v) is 8.61. The summed E-state index contributed by atoms with van der Waals surface area (Å²) < 4.78 is 32.1. The Morgan fingerprint density at radius 2 is 2.05 bits per heavy atom. The maximum absolute atomic E-state index is 12.1. The first-order chi connectivity index (χ1) is 8.53. The van der Waals surface area contributed by atoms with Gasteiger partial charge < -0.3 is 4.74 Å². The Morgan fingerprint density at radius 3 is 2.47 bits per heavy atom. The molecule has 5 nitrogen and oxygen atoms in total. The van der Waals surface area contributed by atoms with Crippen LogP contribution in [0.1, 0.15) is 27.7 Å². The van der Waals surface area contributed by atoms with E-state index in [4.69, 9.17) is 4.74 Å². The molecule has 1 aromatic rings. The van der Waals surface area contributed by atoms with Gasteiger partial charge in [0.15, 0.2) is 0 Å². The fourth-order valence-corrected chi connectivity index (χ4v) is 4.74. The number of esters is 1. The number of nitrogens with one attached hydrogen (secondary N) is 1. The molecule has 0 spiro atoms. The lowest BCUT2D eigenvalue weighted by atomic mass is 10.2. The molecule has 0 bridgehead atoms. The lowest BCUT2D eigenvalue weighted by molar-refractivity contribution is -0.156. The molecule has 1 aromatic heterocycles. The van der Waals surface area contributed by atoms with Crippen molar-refractivity contribution in [3.63, 3.8) is 0 Å². The fraction of sp³-hybridized carbons (Fsp3) is 0.545. The molecular weight excluding hydrogens is 354 g/mol. The van der Waals surface area contributed by atoms with Crippen LogP contribution in [0.5, 0.6) is 0 Å². The Balaban J connectivity index is 2.80. The van der Waals surface area contributed by atoms with Crippen LogP contribution in [0.2, 0.25) is 0 Å². The van der Waals surface area contributed by atoms with Crippen molar-refractivity contribution in [2.45, 2.75) is 43.5 Å². The molecule has 1 rings (SSSR count). The van der Waals surface area contributed by atoms with Crippen LogP contribution in [0.3, 0.4) is 0 Å². The fourth-order valence-electron chi connectivity index (χ4n) is 1.20. The van der Waals surface area contributed by atoms with Crippen LogP contribution < -0.4 is 4.72 Å². The lowest BCUT2D eigenvalue weighted by Gasteiger charge is -2.22. The molecule has 1 atom stereocenters. The molecule has 1 N–H and O–H groups in total. The summed E-state index contributed by atoms with van der Waals surface area (Å²) in [5.41, 5.74) is -0.652. The molecule has 19 heavy (non-hydrogen) atoms. The molecule has 1 heterocycles. The standard InChI is InChI=1S/C11H16BrNO4S2/c1-7(9(14)17-11(2,3)4)13-19(15,16)10-8(12)5-6-18-10/h5-7,13H,1-4H3/t7-/m1/s1. The number of rotatable bonds is 4. The topological polar surface area (TPSA) is 72.5 Å². The van der Waals surface area contributed by atoms with Crippen molar-refractivity contribution < 1.29 is 17.9 Å². The van der Waals surface area contributed by atoms with E-state index in [9.17, 15) is 13.2 Å². The van der Waals surface area contributed by atoms with Gasteiger partial charge in [-0.3, -0.25) is 4.79 Å². The van der Waals surface area contributed by atoms with Crippen LogP contribution in [0.4, 0.5) is 0 Å². The molecule has 0 radical (unpaired) electrons. The lowest BCUT2D eigenvalue weighted by Crippen LogP contribution is -2.42. The van der Waals surface area contributed by atoms with Gasteiger partial charge in [-0.1, -0.05) is 0 Å². The molecule has 108 valence electrons. The minimum absolute atomic E-state index is 0.142. The summed E-state index contributed by atoms with van der Waals surface area (Å²) in [5.74, 6) is -0.608. The molecule has 0 unspecified atom stereocenters. The van der Waals surface area contributed by atoms with E-state index in [-0.39, 0.29) is 4.21 Å². The number of thiophene rings is 1. The summed E-state index contributed by atoms with van der Waals surface area (Å²) in [7, 11) is -3.73. The summed E-state index contributed by atoms with van der Waals surface area (Å²) in [4.78, 5) is 11.7. The number of ether oxygens (including phenoxy) is 1. The molecule has 0 aromatic carbocycles. The largest absolute Gasteiger partial charge is 0.459 e. The molecule has 0 saturated carbocycles. The van der Waals surface area contributed by atoms with Gasteiger partial charge >= 0.3 is 5.97 Å². The molecule has 0 amide bonds. The van der Waals surface area contributed by atoms with Crippen LogP contribution in [0.25, 0.3) is 0 Å². The number of halogens is 1. The number of sulfonamides is 1. The van der Waals surface area contributed by atoms with Gasteiger partial charge in [0.1, 0.15) is 15.9 Å². The number of hydrogen-bond acceptors (Lipinski definition) is 5. The normalized spacial score (nSPS) is 14.2. The van der Waals surface area contributed by atoms with E-state index in [2.05, 4.69) is 20.7 Å². The Morgan fingerprint density at radius 1 is 1.47 bits per heavy atom. The van der Waals surface area contributed by atoms with Gasteiger partial charge in [-0.2, -0.15) is 4.72 Å². The summed E-state index contributed by atoms with van der Waals surface area (Å²) in [5, 5.41) is 1.65. The third-order valence-corrected chi connectivity index (χ3v) is 6.13. The highest BCUT2D eigenvalue weighted by Gasteiger charge is 2.28. The summed E-state index contributed by atoms with van der Waals surface area (Å²) in [6.07, 6.45) is 0. The van der Waals surface area contributed by atoms with Crippen molar-refractivity contribution in [1.82, 2.24) is 4.72 Å². The van der Waals surface area contributed by atoms with E-state index in [1.54, 1.807) is 32.2 Å². The van der Waals surface area contributed by atoms with Gasteiger partial charge in [-0.25, -0.2) is 8.42 Å². The Bertz CT molecular complexity index is 559. The van der Waals surface area contributed by atoms with E-state index in [0.717, 1.165) is 11.3 Å². The first-order valence-electron chi connectivity index (χ1n) is 5.51. The van der Waals surface area contributed by atoms with Gasteiger partial charge in [0.2, 0.25) is 0 Å². The molecule has 0 aliphatic heterocycles. The minimum Gasteiger partial charge on any atom is -0.459 e. The predicted octanol–water partition coefficient (Wildman–Crippen LogP) is 2.52. The van der Waals surface area contributed by atoms with Crippen LogP contribution >= 0.6 is 27.3 Å². The molecule has 0 saturated heterocycles. The molecule has 8 heteroatoms. The van der Waals surface area contributed by atoms with Crippen LogP contribution in [-0.4, -0.2) is 26.0 Å². The highest BCUT2D eigenvalue weighted by molar-refractivity contribution is 9.10. The number of carbonyl (C=O) groups excluding carboxylic acids is 1. The smallest absolute Gasteiger partial charge is 0.324 e. The first kappa shape index (κ1) is 16.6. The summed E-state index contributed by atoms with van der Waals surface area (Å²) in [6.45, 7) is 6.62. The van der Waals surface area contributed by atoms with E-state index >= 15 is 0 Å². The summed E-state index contributed by atoms with van der Waals surface area (Å²) in [6, 6.07) is 0.690. The van der Waals surface area contributed by atoms with E-state index in [1.807, 2.05) is 0 Å². The predicted molar refractivity (Wildman–Crippen MR) is 77.6 cm³/mol. The zero-order valence-electron chi connectivity index (χ0n) is 11.1. The zero-order valence-corrected chi connectivity index (χ0v) is 14.3. The maximum atomic E-state index is 12.1. The monoisotopic (exact) mass is 369 g/mol. The third kappa shape index (κ3) is 4.87. The average molecular weight is 370 g/mol. The molecular formula is C11H16BrNO4S2. The highest BCUT2D eigenvalue weighted by Crippen LogP contribution is 2.27. The first-order valence-corrected chi connectivity index (χ1v) is 8.67. The van der Waals surface area contributed by atoms with Gasteiger partial charge in [-0.05, 0) is 55.1 Å². The van der Waals surface area contributed by atoms with Crippen molar-refractivity contribution in [2.24, 2.45) is 0 Å². The minimum atomic E-state index is -3.73. The van der Waals surface area contributed by atoms with E-state index in [0.29, 0.717) is 4.47 Å². The van der Waals surface area contributed by atoms with E-state index < -0.39 is 27.6 Å². The van der Waals surface area contributed by atoms with Crippen molar-refractivity contribution in [1.29, 1.82) is 0 Å². The van der Waals surface area contributed by atoms with Crippen LogP contribution in [0, 0.1) is 0 Å². The quantitative estimate of drug-likeness (QED) is 0.827. The third-order valence-electron chi connectivity index (χ3n) is 1.92. The van der Waals surface area contributed by atoms with E-state index in [1.165, 1.54) is 6.92 Å².